The molecule has 1 heterocycles. The third-order valence-electron chi connectivity index (χ3n) is 2.92. The van der Waals surface area contributed by atoms with Gasteiger partial charge in [0, 0.05) is 18.8 Å². The zero-order valence-corrected chi connectivity index (χ0v) is 10.6. The topological polar surface area (TPSA) is 64.1 Å². The van der Waals surface area contributed by atoms with Gasteiger partial charge in [0.1, 0.15) is 6.10 Å². The second-order valence-electron chi connectivity index (χ2n) is 4.91. The molecular weight excluding hydrogens is 202 g/mol. The normalized spacial score (nSPS) is 15.4. The molecule has 2 unspecified atom stereocenters. The van der Waals surface area contributed by atoms with Crippen molar-refractivity contribution < 1.29 is 5.11 Å². The van der Waals surface area contributed by atoms with Gasteiger partial charge < -0.3 is 10.8 Å². The number of nitrogens with two attached hydrogens (primary N) is 1. The summed E-state index contributed by atoms with van der Waals surface area (Å²) < 4.78 is 1.76. The monoisotopic (exact) mass is 225 g/mol. The smallest absolute Gasteiger partial charge is 0.113 e. The molecule has 1 rings (SSSR count). The SMILES string of the molecule is Cc1cc(C(O)C(N)CCC(C)C)nn1C. The first-order chi connectivity index (χ1) is 7.41. The molecule has 2 atom stereocenters. The van der Waals surface area contributed by atoms with E-state index in [1.54, 1.807) is 4.68 Å². The Morgan fingerprint density at radius 2 is 2.06 bits per heavy atom. The van der Waals surface area contributed by atoms with Gasteiger partial charge in [-0.25, -0.2) is 0 Å². The summed E-state index contributed by atoms with van der Waals surface area (Å²) in [7, 11) is 1.87. The summed E-state index contributed by atoms with van der Waals surface area (Å²) in [5.41, 5.74) is 7.67. The molecular formula is C12H23N3O. The van der Waals surface area contributed by atoms with Crippen molar-refractivity contribution in [2.45, 2.75) is 45.8 Å². The van der Waals surface area contributed by atoms with Crippen LogP contribution in [0, 0.1) is 12.8 Å². The molecule has 4 nitrogen and oxygen atoms in total. The number of aromatic nitrogens is 2. The molecule has 1 aromatic heterocycles. The van der Waals surface area contributed by atoms with Gasteiger partial charge in [-0.05, 0) is 31.7 Å². The molecule has 0 aliphatic carbocycles. The predicted molar refractivity (Wildman–Crippen MR) is 65.0 cm³/mol. The molecule has 0 fully saturated rings. The molecule has 0 spiro atoms. The molecule has 0 radical (unpaired) electrons. The van der Waals surface area contributed by atoms with E-state index in [-0.39, 0.29) is 6.04 Å². The van der Waals surface area contributed by atoms with Gasteiger partial charge in [-0.1, -0.05) is 13.8 Å². The molecule has 0 saturated carbocycles. The van der Waals surface area contributed by atoms with Crippen LogP contribution >= 0.6 is 0 Å². The molecule has 4 heteroatoms. The van der Waals surface area contributed by atoms with Gasteiger partial charge in [0.25, 0.3) is 0 Å². The number of aliphatic hydroxyl groups excluding tert-OH is 1. The van der Waals surface area contributed by atoms with E-state index in [1.165, 1.54) is 0 Å². The molecule has 0 aromatic carbocycles. The van der Waals surface area contributed by atoms with E-state index in [9.17, 15) is 5.11 Å². The minimum absolute atomic E-state index is 0.225. The van der Waals surface area contributed by atoms with E-state index >= 15 is 0 Å². The van der Waals surface area contributed by atoms with Gasteiger partial charge in [-0.2, -0.15) is 5.10 Å². The zero-order chi connectivity index (χ0) is 12.3. The quantitative estimate of drug-likeness (QED) is 0.798. The first-order valence-corrected chi connectivity index (χ1v) is 5.86. The van der Waals surface area contributed by atoms with Gasteiger partial charge >= 0.3 is 0 Å². The average molecular weight is 225 g/mol. The van der Waals surface area contributed by atoms with E-state index in [0.717, 1.165) is 18.5 Å². The average Bonchev–Trinajstić information content (AvgIpc) is 2.54. The number of hydrogen-bond donors (Lipinski definition) is 2. The standard InChI is InChI=1S/C12H23N3O/c1-8(2)5-6-10(13)12(16)11-7-9(3)15(4)14-11/h7-8,10,12,16H,5-6,13H2,1-4H3. The number of nitrogens with zero attached hydrogens (tertiary/aromatic N) is 2. The van der Waals surface area contributed by atoms with E-state index in [0.29, 0.717) is 11.6 Å². The number of rotatable bonds is 5. The Hall–Kier alpha value is -0.870. The van der Waals surface area contributed by atoms with Crippen LogP contribution in [0.15, 0.2) is 6.07 Å². The Labute approximate surface area is 97.5 Å². The maximum atomic E-state index is 10.0. The minimum atomic E-state index is -0.654. The van der Waals surface area contributed by atoms with Crippen LogP contribution in [0.3, 0.4) is 0 Å². The first-order valence-electron chi connectivity index (χ1n) is 5.86. The lowest BCUT2D eigenvalue weighted by Crippen LogP contribution is -2.29. The fourth-order valence-corrected chi connectivity index (χ4v) is 1.64. The highest BCUT2D eigenvalue weighted by Crippen LogP contribution is 2.19. The Balaban J connectivity index is 2.59. The second-order valence-corrected chi connectivity index (χ2v) is 4.91. The lowest BCUT2D eigenvalue weighted by atomic mass is 9.99. The van der Waals surface area contributed by atoms with E-state index < -0.39 is 6.10 Å². The fourth-order valence-electron chi connectivity index (χ4n) is 1.64. The molecule has 1 aromatic rings. The van der Waals surface area contributed by atoms with Gasteiger partial charge in [0.2, 0.25) is 0 Å². The summed E-state index contributed by atoms with van der Waals surface area (Å²) in [6.45, 7) is 6.27. The van der Waals surface area contributed by atoms with Crippen LogP contribution in [0.4, 0.5) is 0 Å². The zero-order valence-electron chi connectivity index (χ0n) is 10.6. The van der Waals surface area contributed by atoms with E-state index in [1.807, 2.05) is 20.0 Å². The lowest BCUT2D eigenvalue weighted by Gasteiger charge is -2.17. The maximum absolute atomic E-state index is 10.0. The van der Waals surface area contributed by atoms with Crippen LogP contribution in [-0.4, -0.2) is 20.9 Å². The van der Waals surface area contributed by atoms with E-state index in [2.05, 4.69) is 18.9 Å². The van der Waals surface area contributed by atoms with Crippen molar-refractivity contribution in [3.63, 3.8) is 0 Å². The van der Waals surface area contributed by atoms with Gasteiger partial charge in [-0.3, -0.25) is 4.68 Å². The van der Waals surface area contributed by atoms with Crippen molar-refractivity contribution in [2.75, 3.05) is 0 Å². The third-order valence-corrected chi connectivity index (χ3v) is 2.92. The highest BCUT2D eigenvalue weighted by molar-refractivity contribution is 5.12. The van der Waals surface area contributed by atoms with Crippen molar-refractivity contribution in [1.82, 2.24) is 9.78 Å². The molecule has 16 heavy (non-hydrogen) atoms. The van der Waals surface area contributed by atoms with Crippen LogP contribution in [-0.2, 0) is 7.05 Å². The summed E-state index contributed by atoms with van der Waals surface area (Å²) in [4.78, 5) is 0. The molecule has 0 aliphatic heterocycles. The van der Waals surface area contributed by atoms with Gasteiger partial charge in [0.15, 0.2) is 0 Å². The van der Waals surface area contributed by atoms with Gasteiger partial charge in [0.05, 0.1) is 5.69 Å². The Morgan fingerprint density at radius 1 is 1.44 bits per heavy atom. The maximum Gasteiger partial charge on any atom is 0.113 e. The second kappa shape index (κ2) is 5.46. The van der Waals surface area contributed by atoms with E-state index in [4.69, 9.17) is 5.73 Å². The Kier molecular flexibility index (Phi) is 4.50. The lowest BCUT2D eigenvalue weighted by molar-refractivity contribution is 0.134. The molecule has 92 valence electrons. The number of aryl methyl sites for hydroxylation is 2. The summed E-state index contributed by atoms with van der Waals surface area (Å²) in [6.07, 6.45) is 1.21. The van der Waals surface area contributed by atoms with Crippen molar-refractivity contribution >= 4 is 0 Å². The number of hydrogen-bond acceptors (Lipinski definition) is 3. The van der Waals surface area contributed by atoms with Crippen molar-refractivity contribution in [3.8, 4) is 0 Å². The molecule has 0 bridgehead atoms. The number of aliphatic hydroxyl groups is 1. The molecule has 0 aliphatic rings. The Bertz CT molecular complexity index is 314. The van der Waals surface area contributed by atoms with Crippen LogP contribution in [0.5, 0.6) is 0 Å². The van der Waals surface area contributed by atoms with Crippen molar-refractivity contribution in [2.24, 2.45) is 18.7 Å². The highest BCUT2D eigenvalue weighted by atomic mass is 16.3. The minimum Gasteiger partial charge on any atom is -0.385 e. The van der Waals surface area contributed by atoms with Crippen LogP contribution < -0.4 is 5.73 Å². The molecule has 0 saturated heterocycles. The Morgan fingerprint density at radius 3 is 2.50 bits per heavy atom. The molecule has 3 N–H and O–H groups in total. The van der Waals surface area contributed by atoms with Crippen LogP contribution in [0.25, 0.3) is 0 Å². The van der Waals surface area contributed by atoms with Crippen LogP contribution in [0.1, 0.15) is 44.2 Å². The summed E-state index contributed by atoms with van der Waals surface area (Å²) in [6, 6.07) is 1.66. The summed E-state index contributed by atoms with van der Waals surface area (Å²) in [5, 5.41) is 14.3. The predicted octanol–water partition coefficient (Wildman–Crippen LogP) is 1.53. The van der Waals surface area contributed by atoms with Crippen molar-refractivity contribution in [3.05, 3.63) is 17.5 Å². The fraction of sp³-hybridized carbons (Fsp3) is 0.750. The first kappa shape index (κ1) is 13.2. The highest BCUT2D eigenvalue weighted by Gasteiger charge is 2.20. The summed E-state index contributed by atoms with van der Waals surface area (Å²) in [5.74, 6) is 0.615. The third kappa shape index (κ3) is 3.32. The van der Waals surface area contributed by atoms with Crippen LogP contribution in [0.2, 0.25) is 0 Å². The van der Waals surface area contributed by atoms with Crippen molar-refractivity contribution in [1.29, 1.82) is 0 Å². The largest absolute Gasteiger partial charge is 0.385 e. The molecule has 0 amide bonds. The summed E-state index contributed by atoms with van der Waals surface area (Å²) >= 11 is 0. The van der Waals surface area contributed by atoms with Gasteiger partial charge in [-0.15, -0.1) is 0 Å².